The van der Waals surface area contributed by atoms with E-state index in [1.54, 1.807) is 34.6 Å². The van der Waals surface area contributed by atoms with Crippen molar-refractivity contribution >= 4 is 12.1 Å². The van der Waals surface area contributed by atoms with Crippen LogP contribution in [0.2, 0.25) is 0 Å². The molecule has 9 heteroatoms. The van der Waals surface area contributed by atoms with E-state index in [1.165, 1.54) is 12.1 Å². The monoisotopic (exact) mass is 377 g/mol. The summed E-state index contributed by atoms with van der Waals surface area (Å²) in [6.07, 6.45) is -5.69. The maximum Gasteiger partial charge on any atom is 0.573 e. The molecule has 1 atom stereocenters. The second kappa shape index (κ2) is 7.84. The molecule has 1 unspecified atom stereocenters. The summed E-state index contributed by atoms with van der Waals surface area (Å²) < 4.78 is 45.7. The fourth-order valence-corrected chi connectivity index (χ4v) is 2.20. The first-order chi connectivity index (χ1) is 11.7. The SMILES string of the molecule is CC(C)N(C(=O)OC(C)(C)C)C(C(=O)O)c1ccc(OC(F)(F)F)cc1. The third kappa shape index (κ3) is 6.45. The molecule has 1 amide bonds. The van der Waals surface area contributed by atoms with E-state index in [2.05, 4.69) is 4.74 Å². The molecule has 6 nitrogen and oxygen atoms in total. The molecule has 0 saturated heterocycles. The average Bonchev–Trinajstić information content (AvgIpc) is 2.41. The lowest BCUT2D eigenvalue weighted by molar-refractivity contribution is -0.274. The molecule has 0 radical (unpaired) electrons. The van der Waals surface area contributed by atoms with Gasteiger partial charge in [0.05, 0.1) is 0 Å². The molecular formula is C17H22F3NO5. The second-order valence-corrected chi connectivity index (χ2v) is 6.84. The van der Waals surface area contributed by atoms with E-state index in [-0.39, 0.29) is 5.56 Å². The summed E-state index contributed by atoms with van der Waals surface area (Å²) in [5, 5.41) is 9.59. The van der Waals surface area contributed by atoms with E-state index in [4.69, 9.17) is 4.74 Å². The van der Waals surface area contributed by atoms with Gasteiger partial charge in [-0.2, -0.15) is 0 Å². The molecule has 0 aliphatic heterocycles. The molecular weight excluding hydrogens is 355 g/mol. The molecule has 0 aliphatic carbocycles. The topological polar surface area (TPSA) is 76.1 Å². The van der Waals surface area contributed by atoms with E-state index in [9.17, 15) is 27.9 Å². The van der Waals surface area contributed by atoms with Gasteiger partial charge < -0.3 is 14.6 Å². The van der Waals surface area contributed by atoms with Gasteiger partial charge in [-0.05, 0) is 52.3 Å². The van der Waals surface area contributed by atoms with Gasteiger partial charge in [0.2, 0.25) is 0 Å². The van der Waals surface area contributed by atoms with Crippen LogP contribution in [0.4, 0.5) is 18.0 Å². The highest BCUT2D eigenvalue weighted by Crippen LogP contribution is 2.29. The van der Waals surface area contributed by atoms with Crippen LogP contribution in [-0.2, 0) is 9.53 Å². The van der Waals surface area contributed by atoms with Gasteiger partial charge in [0.15, 0.2) is 6.04 Å². The lowest BCUT2D eigenvalue weighted by Crippen LogP contribution is -2.45. The Morgan fingerprint density at radius 1 is 1.08 bits per heavy atom. The van der Waals surface area contributed by atoms with Crippen LogP contribution in [0.1, 0.15) is 46.2 Å². The molecule has 1 aromatic rings. The van der Waals surface area contributed by atoms with Gasteiger partial charge in [-0.15, -0.1) is 13.2 Å². The van der Waals surface area contributed by atoms with E-state index in [1.807, 2.05) is 0 Å². The first-order valence-corrected chi connectivity index (χ1v) is 7.81. The molecule has 26 heavy (non-hydrogen) atoms. The van der Waals surface area contributed by atoms with Gasteiger partial charge >= 0.3 is 18.4 Å². The van der Waals surface area contributed by atoms with Crippen LogP contribution in [0.25, 0.3) is 0 Å². The van der Waals surface area contributed by atoms with Crippen LogP contribution < -0.4 is 4.74 Å². The Kier molecular flexibility index (Phi) is 6.51. The van der Waals surface area contributed by atoms with Gasteiger partial charge in [-0.1, -0.05) is 12.1 Å². The molecule has 0 aliphatic rings. The Bertz CT molecular complexity index is 635. The molecule has 0 bridgehead atoms. The fraction of sp³-hybridized carbons (Fsp3) is 0.529. The number of aliphatic carboxylic acids is 1. The predicted octanol–water partition coefficient (Wildman–Crippen LogP) is 4.36. The zero-order valence-electron chi connectivity index (χ0n) is 15.1. The number of alkyl halides is 3. The van der Waals surface area contributed by atoms with Crippen molar-refractivity contribution in [3.8, 4) is 5.75 Å². The Hall–Kier alpha value is -2.45. The van der Waals surface area contributed by atoms with E-state index >= 15 is 0 Å². The van der Waals surface area contributed by atoms with Gasteiger partial charge in [-0.25, -0.2) is 9.59 Å². The Labute approximate surface area is 149 Å². The summed E-state index contributed by atoms with van der Waals surface area (Å²) in [5.74, 6) is -1.83. The van der Waals surface area contributed by atoms with E-state index < -0.39 is 41.9 Å². The van der Waals surface area contributed by atoms with Crippen LogP contribution in [0.15, 0.2) is 24.3 Å². The number of benzene rings is 1. The third-order valence-electron chi connectivity index (χ3n) is 3.10. The highest BCUT2D eigenvalue weighted by molar-refractivity contribution is 5.82. The molecule has 1 aromatic carbocycles. The van der Waals surface area contributed by atoms with Crippen LogP contribution in [0, 0.1) is 0 Å². The molecule has 1 N–H and O–H groups in total. The summed E-state index contributed by atoms with van der Waals surface area (Å²) >= 11 is 0. The Balaban J connectivity index is 3.19. The molecule has 146 valence electrons. The molecule has 0 saturated carbocycles. The minimum absolute atomic E-state index is 0.117. The predicted molar refractivity (Wildman–Crippen MR) is 86.7 cm³/mol. The largest absolute Gasteiger partial charge is 0.573 e. The molecule has 0 aromatic heterocycles. The highest BCUT2D eigenvalue weighted by atomic mass is 19.4. The fourth-order valence-electron chi connectivity index (χ4n) is 2.20. The second-order valence-electron chi connectivity index (χ2n) is 6.84. The number of ether oxygens (including phenoxy) is 2. The zero-order chi connectivity index (χ0) is 20.3. The van der Waals surface area contributed by atoms with Crippen molar-refractivity contribution in [1.29, 1.82) is 0 Å². The number of carboxylic acid groups (broad SMARTS) is 1. The number of hydrogen-bond donors (Lipinski definition) is 1. The number of rotatable bonds is 5. The summed E-state index contributed by atoms with van der Waals surface area (Å²) in [6.45, 7) is 8.15. The lowest BCUT2D eigenvalue weighted by atomic mass is 10.0. The summed E-state index contributed by atoms with van der Waals surface area (Å²) in [7, 11) is 0. The van der Waals surface area contributed by atoms with E-state index in [0.717, 1.165) is 17.0 Å². The quantitative estimate of drug-likeness (QED) is 0.825. The molecule has 0 spiro atoms. The first kappa shape index (κ1) is 21.6. The van der Waals surface area contributed by atoms with Crippen molar-refractivity contribution in [2.45, 2.75) is 58.7 Å². The van der Waals surface area contributed by atoms with Gasteiger partial charge in [0.25, 0.3) is 0 Å². The van der Waals surface area contributed by atoms with Crippen molar-refractivity contribution in [3.63, 3.8) is 0 Å². The van der Waals surface area contributed by atoms with Gasteiger partial charge in [0, 0.05) is 6.04 Å². The molecule has 0 heterocycles. The minimum atomic E-state index is -4.85. The Morgan fingerprint density at radius 3 is 1.92 bits per heavy atom. The number of hydrogen-bond acceptors (Lipinski definition) is 4. The normalized spacial score (nSPS) is 13.3. The standard InChI is InChI=1S/C17H22F3NO5/c1-10(2)21(15(24)26-16(3,4)5)13(14(22)23)11-6-8-12(9-7-11)25-17(18,19)20/h6-10,13H,1-5H3,(H,22,23). The number of carbonyl (C=O) groups is 2. The molecule has 0 fully saturated rings. The number of carboxylic acids is 1. The number of halogens is 3. The number of amides is 1. The summed E-state index contributed by atoms with van der Waals surface area (Å²) in [4.78, 5) is 25.2. The maximum atomic E-state index is 12.4. The van der Waals surface area contributed by atoms with Gasteiger partial charge in [0.1, 0.15) is 11.4 Å². The minimum Gasteiger partial charge on any atom is -0.479 e. The van der Waals surface area contributed by atoms with Crippen molar-refractivity contribution in [2.75, 3.05) is 0 Å². The van der Waals surface area contributed by atoms with Gasteiger partial charge in [-0.3, -0.25) is 4.90 Å². The van der Waals surface area contributed by atoms with Crippen molar-refractivity contribution in [2.24, 2.45) is 0 Å². The van der Waals surface area contributed by atoms with Crippen LogP contribution >= 0.6 is 0 Å². The van der Waals surface area contributed by atoms with E-state index in [0.29, 0.717) is 0 Å². The van der Waals surface area contributed by atoms with Crippen molar-refractivity contribution in [3.05, 3.63) is 29.8 Å². The first-order valence-electron chi connectivity index (χ1n) is 7.81. The Morgan fingerprint density at radius 2 is 1.58 bits per heavy atom. The zero-order valence-corrected chi connectivity index (χ0v) is 15.1. The summed E-state index contributed by atoms with van der Waals surface area (Å²) in [6, 6.07) is 2.36. The number of carbonyl (C=O) groups excluding carboxylic acids is 1. The van der Waals surface area contributed by atoms with Crippen LogP contribution in [0.3, 0.4) is 0 Å². The highest BCUT2D eigenvalue weighted by Gasteiger charge is 2.36. The average molecular weight is 377 g/mol. The van der Waals surface area contributed by atoms with Crippen LogP contribution in [-0.4, -0.2) is 40.1 Å². The van der Waals surface area contributed by atoms with Crippen LogP contribution in [0.5, 0.6) is 5.75 Å². The smallest absolute Gasteiger partial charge is 0.479 e. The third-order valence-corrected chi connectivity index (χ3v) is 3.10. The molecule has 1 rings (SSSR count). The summed E-state index contributed by atoms with van der Waals surface area (Å²) in [5.41, 5.74) is -0.718. The van der Waals surface area contributed by atoms with Crippen molar-refractivity contribution in [1.82, 2.24) is 4.90 Å². The maximum absolute atomic E-state index is 12.4. The number of nitrogens with zero attached hydrogens (tertiary/aromatic N) is 1. The lowest BCUT2D eigenvalue weighted by Gasteiger charge is -2.34. The van der Waals surface area contributed by atoms with Crippen molar-refractivity contribution < 1.29 is 37.3 Å².